The Kier molecular flexibility index (Phi) is 5.23. The van der Waals surface area contributed by atoms with Crippen molar-refractivity contribution in [3.63, 3.8) is 0 Å². The standard InChI is InChI=1S/C13H11ClN2O4/c1-8(2)20-13(17)10(7-15)5-9-3-4-12(16(18)19)11(14)6-9/h3-6,8H,1-2H3. The summed E-state index contributed by atoms with van der Waals surface area (Å²) in [5, 5.41) is 19.5. The highest BCUT2D eigenvalue weighted by Gasteiger charge is 2.15. The zero-order chi connectivity index (χ0) is 15.3. The van der Waals surface area contributed by atoms with Crippen molar-refractivity contribution in [3.05, 3.63) is 44.5 Å². The molecule has 0 N–H and O–H groups in total. The van der Waals surface area contributed by atoms with Crippen LogP contribution in [-0.2, 0) is 9.53 Å². The summed E-state index contributed by atoms with van der Waals surface area (Å²) in [6.07, 6.45) is 0.917. The van der Waals surface area contributed by atoms with Crippen LogP contribution in [0.5, 0.6) is 0 Å². The van der Waals surface area contributed by atoms with Crippen molar-refractivity contribution >= 4 is 29.3 Å². The van der Waals surface area contributed by atoms with Crippen LogP contribution < -0.4 is 0 Å². The molecule has 0 heterocycles. The van der Waals surface area contributed by atoms with E-state index in [9.17, 15) is 14.9 Å². The maximum absolute atomic E-state index is 11.6. The molecule has 0 saturated heterocycles. The molecule has 0 saturated carbocycles. The number of ether oxygens (including phenoxy) is 1. The van der Waals surface area contributed by atoms with E-state index in [1.807, 2.05) is 0 Å². The first-order valence-corrected chi connectivity index (χ1v) is 5.99. The van der Waals surface area contributed by atoms with Crippen LogP contribution in [-0.4, -0.2) is 17.0 Å². The van der Waals surface area contributed by atoms with Crippen LogP contribution in [0.3, 0.4) is 0 Å². The fourth-order valence-electron chi connectivity index (χ4n) is 1.34. The second-order valence-corrected chi connectivity index (χ2v) is 4.50. The van der Waals surface area contributed by atoms with E-state index in [1.165, 1.54) is 24.3 Å². The van der Waals surface area contributed by atoms with Gasteiger partial charge in [0, 0.05) is 6.07 Å². The Hall–Kier alpha value is -2.39. The lowest BCUT2D eigenvalue weighted by atomic mass is 10.1. The monoisotopic (exact) mass is 294 g/mol. The lowest BCUT2D eigenvalue weighted by Crippen LogP contribution is -2.12. The van der Waals surface area contributed by atoms with E-state index in [0.717, 1.165) is 0 Å². The van der Waals surface area contributed by atoms with Gasteiger partial charge in [0.15, 0.2) is 0 Å². The number of nitrogens with zero attached hydrogens (tertiary/aromatic N) is 2. The number of nitro benzene ring substituents is 1. The number of benzene rings is 1. The highest BCUT2D eigenvalue weighted by molar-refractivity contribution is 6.32. The van der Waals surface area contributed by atoms with Gasteiger partial charge in [-0.3, -0.25) is 10.1 Å². The third-order valence-corrected chi connectivity index (χ3v) is 2.47. The van der Waals surface area contributed by atoms with Crippen LogP contribution in [0.25, 0.3) is 6.08 Å². The fraction of sp³-hybridized carbons (Fsp3) is 0.231. The molecule has 0 spiro atoms. The molecule has 104 valence electrons. The largest absolute Gasteiger partial charge is 0.459 e. The van der Waals surface area contributed by atoms with Gasteiger partial charge in [-0.1, -0.05) is 11.6 Å². The second-order valence-electron chi connectivity index (χ2n) is 4.09. The van der Waals surface area contributed by atoms with E-state index in [-0.39, 0.29) is 22.4 Å². The quantitative estimate of drug-likeness (QED) is 0.280. The van der Waals surface area contributed by atoms with Gasteiger partial charge in [0.25, 0.3) is 5.69 Å². The number of rotatable bonds is 4. The van der Waals surface area contributed by atoms with Crippen molar-refractivity contribution in [1.29, 1.82) is 5.26 Å². The summed E-state index contributed by atoms with van der Waals surface area (Å²) >= 11 is 5.74. The van der Waals surface area contributed by atoms with Crippen molar-refractivity contribution in [2.45, 2.75) is 20.0 Å². The van der Waals surface area contributed by atoms with Crippen LogP contribution in [0.4, 0.5) is 5.69 Å². The minimum atomic E-state index is -0.753. The minimum Gasteiger partial charge on any atom is -0.459 e. The number of carbonyl (C=O) groups is 1. The average Bonchev–Trinajstić information content (AvgIpc) is 2.34. The van der Waals surface area contributed by atoms with Crippen molar-refractivity contribution in [2.24, 2.45) is 0 Å². The molecule has 1 aromatic rings. The van der Waals surface area contributed by atoms with Gasteiger partial charge in [-0.05, 0) is 37.6 Å². The average molecular weight is 295 g/mol. The molecule has 1 rings (SSSR count). The zero-order valence-electron chi connectivity index (χ0n) is 10.8. The van der Waals surface area contributed by atoms with Crippen LogP contribution in [0.15, 0.2) is 23.8 Å². The Morgan fingerprint density at radius 1 is 1.55 bits per heavy atom. The van der Waals surface area contributed by atoms with Crippen LogP contribution in [0.2, 0.25) is 5.02 Å². The van der Waals surface area contributed by atoms with Crippen molar-refractivity contribution in [3.8, 4) is 6.07 Å². The first kappa shape index (κ1) is 15.7. The molecule has 7 heteroatoms. The van der Waals surface area contributed by atoms with Crippen LogP contribution >= 0.6 is 11.6 Å². The van der Waals surface area contributed by atoms with Crippen molar-refractivity contribution in [2.75, 3.05) is 0 Å². The van der Waals surface area contributed by atoms with Gasteiger partial charge < -0.3 is 4.74 Å². The van der Waals surface area contributed by atoms with Crippen LogP contribution in [0.1, 0.15) is 19.4 Å². The Morgan fingerprint density at radius 2 is 2.20 bits per heavy atom. The SMILES string of the molecule is CC(C)OC(=O)C(C#N)=Cc1ccc([N+](=O)[O-])c(Cl)c1. The number of halogens is 1. The lowest BCUT2D eigenvalue weighted by Gasteiger charge is -2.06. The molecule has 20 heavy (non-hydrogen) atoms. The van der Waals surface area contributed by atoms with Crippen molar-refractivity contribution < 1.29 is 14.5 Å². The van der Waals surface area contributed by atoms with E-state index in [4.69, 9.17) is 21.6 Å². The molecule has 0 aliphatic heterocycles. The number of hydrogen-bond donors (Lipinski definition) is 0. The first-order valence-electron chi connectivity index (χ1n) is 5.62. The molecule has 0 unspecified atom stereocenters. The Morgan fingerprint density at radius 3 is 2.65 bits per heavy atom. The summed E-state index contributed by atoms with van der Waals surface area (Å²) in [7, 11) is 0. The topological polar surface area (TPSA) is 93.2 Å². The summed E-state index contributed by atoms with van der Waals surface area (Å²) in [4.78, 5) is 21.6. The van der Waals surface area contributed by atoms with Gasteiger partial charge in [0.1, 0.15) is 16.7 Å². The molecule has 0 aliphatic rings. The van der Waals surface area contributed by atoms with Gasteiger partial charge in [-0.15, -0.1) is 0 Å². The molecule has 0 aromatic heterocycles. The van der Waals surface area contributed by atoms with Crippen molar-refractivity contribution in [1.82, 2.24) is 0 Å². The first-order chi connectivity index (χ1) is 9.35. The number of esters is 1. The van der Waals surface area contributed by atoms with Gasteiger partial charge >= 0.3 is 5.97 Å². The summed E-state index contributed by atoms with van der Waals surface area (Å²) in [5.74, 6) is -0.753. The second kappa shape index (κ2) is 6.68. The van der Waals surface area contributed by atoms with Gasteiger partial charge in [0.05, 0.1) is 11.0 Å². The Labute approximate surface area is 120 Å². The number of nitro groups is 1. The third kappa shape index (κ3) is 4.07. The number of carbonyl (C=O) groups excluding carboxylic acids is 1. The predicted octanol–water partition coefficient (Wildman–Crippen LogP) is 3.11. The number of nitriles is 1. The number of hydrogen-bond acceptors (Lipinski definition) is 5. The summed E-state index contributed by atoms with van der Waals surface area (Å²) < 4.78 is 4.90. The molecule has 0 aliphatic carbocycles. The highest BCUT2D eigenvalue weighted by Crippen LogP contribution is 2.26. The zero-order valence-corrected chi connectivity index (χ0v) is 11.5. The molecule has 0 fully saturated rings. The van der Waals surface area contributed by atoms with E-state index in [0.29, 0.717) is 5.56 Å². The van der Waals surface area contributed by atoms with Gasteiger partial charge in [-0.2, -0.15) is 5.26 Å². The lowest BCUT2D eigenvalue weighted by molar-refractivity contribution is -0.384. The Balaban J connectivity index is 3.09. The van der Waals surface area contributed by atoms with E-state index in [1.54, 1.807) is 19.9 Å². The Bertz CT molecular complexity index is 617. The van der Waals surface area contributed by atoms with Gasteiger partial charge in [0.2, 0.25) is 0 Å². The fourth-order valence-corrected chi connectivity index (χ4v) is 1.60. The molecule has 0 atom stereocenters. The third-order valence-electron chi connectivity index (χ3n) is 2.16. The summed E-state index contributed by atoms with van der Waals surface area (Å²) in [6.45, 7) is 3.32. The molecular weight excluding hydrogens is 284 g/mol. The van der Waals surface area contributed by atoms with E-state index in [2.05, 4.69) is 0 Å². The molecule has 6 nitrogen and oxygen atoms in total. The maximum atomic E-state index is 11.6. The van der Waals surface area contributed by atoms with E-state index < -0.39 is 10.9 Å². The molecule has 0 bridgehead atoms. The smallest absolute Gasteiger partial charge is 0.349 e. The molecular formula is C13H11ClN2O4. The molecule has 1 aromatic carbocycles. The predicted molar refractivity (Wildman–Crippen MR) is 72.9 cm³/mol. The van der Waals surface area contributed by atoms with Crippen LogP contribution in [0, 0.1) is 21.4 Å². The highest BCUT2D eigenvalue weighted by atomic mass is 35.5. The van der Waals surface area contributed by atoms with Gasteiger partial charge in [-0.25, -0.2) is 4.79 Å². The minimum absolute atomic E-state index is 0.0710. The maximum Gasteiger partial charge on any atom is 0.349 e. The van der Waals surface area contributed by atoms with E-state index >= 15 is 0 Å². The summed E-state index contributed by atoms with van der Waals surface area (Å²) in [6, 6.07) is 5.63. The normalized spacial score (nSPS) is 11.1. The molecule has 0 amide bonds. The summed E-state index contributed by atoms with van der Waals surface area (Å²) in [5.41, 5.74) is -0.0476. The molecule has 0 radical (unpaired) electrons.